The van der Waals surface area contributed by atoms with E-state index in [-0.39, 0.29) is 12.2 Å². The van der Waals surface area contributed by atoms with E-state index in [1.54, 1.807) is 23.5 Å². The number of aliphatic carboxylic acids is 1. The monoisotopic (exact) mass is 378 g/mol. The summed E-state index contributed by atoms with van der Waals surface area (Å²) in [5, 5.41) is 11.5. The molecule has 0 bridgehead atoms. The van der Waals surface area contributed by atoms with Crippen LogP contribution in [0.2, 0.25) is 0 Å². The third-order valence-electron chi connectivity index (χ3n) is 4.65. The molecule has 27 heavy (non-hydrogen) atoms. The minimum atomic E-state index is -0.897. The molecule has 3 rings (SSSR count). The fourth-order valence-corrected chi connectivity index (χ4v) is 3.85. The number of benzene rings is 2. The van der Waals surface area contributed by atoms with E-state index in [1.165, 1.54) is 5.56 Å². The third kappa shape index (κ3) is 5.38. The van der Waals surface area contributed by atoms with Crippen molar-refractivity contribution in [3.63, 3.8) is 0 Å². The number of thiophene rings is 1. The van der Waals surface area contributed by atoms with Gasteiger partial charge in [-0.15, -0.1) is 11.3 Å². The summed E-state index contributed by atoms with van der Waals surface area (Å²) in [6.45, 7) is 0. The van der Waals surface area contributed by atoms with Crippen LogP contribution in [0.5, 0.6) is 0 Å². The summed E-state index contributed by atoms with van der Waals surface area (Å²) >= 11 is 1.65. The second-order valence-electron chi connectivity index (χ2n) is 6.59. The van der Waals surface area contributed by atoms with E-state index < -0.39 is 11.9 Å². The van der Waals surface area contributed by atoms with Gasteiger partial charge in [-0.25, -0.2) is 0 Å². The summed E-state index contributed by atoms with van der Waals surface area (Å²) in [6.07, 6.45) is 2.13. The van der Waals surface area contributed by atoms with Gasteiger partial charge >= 0.3 is 5.97 Å². The van der Waals surface area contributed by atoms with Crippen molar-refractivity contribution in [2.24, 2.45) is 5.92 Å². The molecular formula is C23H22O3S. The number of carbonyl (C=O) groups is 2. The predicted molar refractivity (Wildman–Crippen MR) is 109 cm³/mol. The van der Waals surface area contributed by atoms with E-state index in [1.807, 2.05) is 60.0 Å². The second-order valence-corrected chi connectivity index (χ2v) is 7.54. The van der Waals surface area contributed by atoms with Crippen LogP contribution in [0.15, 0.2) is 72.1 Å². The van der Waals surface area contributed by atoms with Crippen LogP contribution in [-0.2, 0) is 11.2 Å². The Kier molecular flexibility index (Phi) is 6.55. The smallest absolute Gasteiger partial charge is 0.306 e. The number of carboxylic acids is 1. The number of rotatable bonds is 9. The highest BCUT2D eigenvalue weighted by atomic mass is 32.1. The van der Waals surface area contributed by atoms with Gasteiger partial charge in [0.1, 0.15) is 0 Å². The van der Waals surface area contributed by atoms with Crippen LogP contribution in [0.4, 0.5) is 0 Å². The van der Waals surface area contributed by atoms with E-state index in [2.05, 4.69) is 0 Å². The lowest BCUT2D eigenvalue weighted by Crippen LogP contribution is -2.18. The maximum Gasteiger partial charge on any atom is 0.306 e. The number of carboxylic acid groups (broad SMARTS) is 1. The number of Topliss-reactive ketones (excluding diaryl/α,β-unsaturated/α-hetero) is 1. The lowest BCUT2D eigenvalue weighted by molar-refractivity contribution is -0.141. The van der Waals surface area contributed by atoms with E-state index in [0.717, 1.165) is 23.3 Å². The molecule has 4 heteroatoms. The first-order chi connectivity index (χ1) is 13.1. The first-order valence-corrected chi connectivity index (χ1v) is 9.95. The molecule has 0 aliphatic carbocycles. The van der Waals surface area contributed by atoms with Gasteiger partial charge in [-0.1, -0.05) is 60.7 Å². The standard InChI is InChI=1S/C23H22O3S/c24-21(18-11-13-19(14-12-18)22-10-5-15-27-22)16-20(23(25)26)9-4-8-17-6-2-1-3-7-17/h1-3,5-7,10-15,20H,4,8-9,16H2,(H,25,26). The zero-order valence-electron chi connectivity index (χ0n) is 15.0. The van der Waals surface area contributed by atoms with Gasteiger partial charge in [0.05, 0.1) is 5.92 Å². The number of hydrogen-bond donors (Lipinski definition) is 1. The Morgan fingerprint density at radius 1 is 0.926 bits per heavy atom. The molecule has 0 amide bonds. The fourth-order valence-electron chi connectivity index (χ4n) is 3.11. The normalized spacial score (nSPS) is 11.9. The Bertz CT molecular complexity index is 868. The fraction of sp³-hybridized carbons (Fsp3) is 0.217. The molecule has 138 valence electrons. The minimum absolute atomic E-state index is 0.0441. The molecule has 3 nitrogen and oxygen atoms in total. The van der Waals surface area contributed by atoms with Crippen molar-refractivity contribution in [1.29, 1.82) is 0 Å². The minimum Gasteiger partial charge on any atom is -0.481 e. The Balaban J connectivity index is 1.57. The van der Waals surface area contributed by atoms with Crippen LogP contribution in [-0.4, -0.2) is 16.9 Å². The summed E-state index contributed by atoms with van der Waals surface area (Å²) < 4.78 is 0. The molecule has 0 aliphatic rings. The summed E-state index contributed by atoms with van der Waals surface area (Å²) in [4.78, 5) is 25.2. The summed E-state index contributed by atoms with van der Waals surface area (Å²) in [6, 6.07) is 21.5. The number of hydrogen-bond acceptors (Lipinski definition) is 3. The molecule has 0 saturated carbocycles. The Labute approximate surface area is 163 Å². The summed E-state index contributed by atoms with van der Waals surface area (Å²) in [5.41, 5.74) is 2.83. The molecule has 0 saturated heterocycles. The maximum absolute atomic E-state index is 12.5. The quantitative estimate of drug-likeness (QED) is 0.485. The van der Waals surface area contributed by atoms with Gasteiger partial charge in [0.25, 0.3) is 0 Å². The molecule has 0 aliphatic heterocycles. The molecular weight excluding hydrogens is 356 g/mol. The van der Waals surface area contributed by atoms with Crippen molar-refractivity contribution in [3.8, 4) is 10.4 Å². The third-order valence-corrected chi connectivity index (χ3v) is 5.57. The molecule has 1 atom stereocenters. The van der Waals surface area contributed by atoms with Crippen LogP contribution in [0.1, 0.15) is 35.2 Å². The van der Waals surface area contributed by atoms with Gasteiger partial charge in [0, 0.05) is 16.9 Å². The summed E-state index contributed by atoms with van der Waals surface area (Å²) in [5.74, 6) is -1.65. The molecule has 1 heterocycles. The molecule has 1 unspecified atom stereocenters. The Morgan fingerprint density at radius 3 is 2.30 bits per heavy atom. The topological polar surface area (TPSA) is 54.4 Å². The zero-order valence-corrected chi connectivity index (χ0v) is 15.8. The Hall–Kier alpha value is -2.72. The van der Waals surface area contributed by atoms with Gasteiger partial charge in [-0.05, 0) is 41.8 Å². The molecule has 0 fully saturated rings. The highest BCUT2D eigenvalue weighted by Crippen LogP contribution is 2.25. The number of ketones is 1. The maximum atomic E-state index is 12.5. The van der Waals surface area contributed by atoms with Crippen LogP contribution in [0, 0.1) is 5.92 Å². The van der Waals surface area contributed by atoms with Gasteiger partial charge in [-0.2, -0.15) is 0 Å². The number of carbonyl (C=O) groups excluding carboxylic acids is 1. The van der Waals surface area contributed by atoms with Gasteiger partial charge < -0.3 is 5.11 Å². The van der Waals surface area contributed by atoms with Gasteiger partial charge in [-0.3, -0.25) is 9.59 Å². The van der Waals surface area contributed by atoms with Crippen molar-refractivity contribution < 1.29 is 14.7 Å². The molecule has 1 aromatic heterocycles. The predicted octanol–water partition coefficient (Wildman–Crippen LogP) is 5.71. The van der Waals surface area contributed by atoms with Crippen molar-refractivity contribution in [1.82, 2.24) is 0 Å². The first-order valence-electron chi connectivity index (χ1n) is 9.07. The van der Waals surface area contributed by atoms with Crippen molar-refractivity contribution in [2.45, 2.75) is 25.7 Å². The van der Waals surface area contributed by atoms with Crippen molar-refractivity contribution in [3.05, 3.63) is 83.2 Å². The molecule has 3 aromatic rings. The SMILES string of the molecule is O=C(CC(CCCc1ccccc1)C(=O)O)c1ccc(-c2cccs2)cc1. The van der Waals surface area contributed by atoms with Gasteiger partial charge in [0.15, 0.2) is 5.78 Å². The Morgan fingerprint density at radius 2 is 1.67 bits per heavy atom. The molecule has 1 N–H and O–H groups in total. The lowest BCUT2D eigenvalue weighted by Gasteiger charge is -2.12. The number of aryl methyl sites for hydroxylation is 1. The van der Waals surface area contributed by atoms with E-state index >= 15 is 0 Å². The highest BCUT2D eigenvalue weighted by molar-refractivity contribution is 7.13. The van der Waals surface area contributed by atoms with Crippen LogP contribution < -0.4 is 0 Å². The first kappa shape index (κ1) is 19.1. The van der Waals surface area contributed by atoms with Crippen LogP contribution in [0.25, 0.3) is 10.4 Å². The van der Waals surface area contributed by atoms with Crippen LogP contribution in [0.3, 0.4) is 0 Å². The second kappa shape index (κ2) is 9.28. The van der Waals surface area contributed by atoms with Gasteiger partial charge in [0.2, 0.25) is 0 Å². The van der Waals surface area contributed by atoms with Crippen LogP contribution >= 0.6 is 11.3 Å². The van der Waals surface area contributed by atoms with Crippen molar-refractivity contribution >= 4 is 23.1 Å². The van der Waals surface area contributed by atoms with E-state index in [0.29, 0.717) is 12.0 Å². The van der Waals surface area contributed by atoms with E-state index in [9.17, 15) is 14.7 Å². The lowest BCUT2D eigenvalue weighted by atomic mass is 9.92. The average Bonchev–Trinajstić information content (AvgIpc) is 3.23. The average molecular weight is 378 g/mol. The molecule has 0 radical (unpaired) electrons. The van der Waals surface area contributed by atoms with E-state index in [4.69, 9.17) is 0 Å². The largest absolute Gasteiger partial charge is 0.481 e. The summed E-state index contributed by atoms with van der Waals surface area (Å²) in [7, 11) is 0. The van der Waals surface area contributed by atoms with Crippen molar-refractivity contribution in [2.75, 3.05) is 0 Å². The zero-order chi connectivity index (χ0) is 19.1. The molecule has 2 aromatic carbocycles. The highest BCUT2D eigenvalue weighted by Gasteiger charge is 2.21. The molecule has 0 spiro atoms.